The van der Waals surface area contributed by atoms with Gasteiger partial charge in [0, 0.05) is 12.1 Å². The van der Waals surface area contributed by atoms with E-state index in [0.29, 0.717) is 12.1 Å². The number of halogens is 1. The Hall–Kier alpha value is -1.91. The summed E-state index contributed by atoms with van der Waals surface area (Å²) >= 11 is 0. The molecule has 0 spiro atoms. The van der Waals surface area contributed by atoms with Crippen LogP contribution in [0.25, 0.3) is 0 Å². The van der Waals surface area contributed by atoms with Crippen LogP contribution < -0.4 is 0 Å². The second-order valence-corrected chi connectivity index (χ2v) is 3.91. The molecule has 0 aliphatic rings. The molecule has 0 fully saturated rings. The van der Waals surface area contributed by atoms with Crippen LogP contribution in [-0.2, 0) is 9.53 Å². The van der Waals surface area contributed by atoms with Gasteiger partial charge in [-0.1, -0.05) is 0 Å². The maximum atomic E-state index is 13.2. The minimum Gasteiger partial charge on any atom is -0.468 e. The summed E-state index contributed by atoms with van der Waals surface area (Å²) < 4.78 is 17.7. The minimum absolute atomic E-state index is 0.138. The highest BCUT2D eigenvalue weighted by Crippen LogP contribution is 2.11. The standard InChI is InChI=1S/C13H16FNO3/c1-4-15(8-12(16)18-3)13(17)10-5-9(2)6-11(14)7-10/h5-7H,4,8H2,1-3H3. The molecule has 1 aromatic carbocycles. The second kappa shape index (κ2) is 6.14. The van der Waals surface area contributed by atoms with E-state index in [-0.39, 0.29) is 18.0 Å². The van der Waals surface area contributed by atoms with Crippen molar-refractivity contribution in [3.05, 3.63) is 35.1 Å². The van der Waals surface area contributed by atoms with Crippen LogP contribution in [0.2, 0.25) is 0 Å². The van der Waals surface area contributed by atoms with Gasteiger partial charge in [0.05, 0.1) is 7.11 Å². The number of carbonyl (C=O) groups excluding carboxylic acids is 2. The fourth-order valence-electron chi connectivity index (χ4n) is 1.59. The molecule has 0 aromatic heterocycles. The van der Waals surface area contributed by atoms with Crippen molar-refractivity contribution in [2.45, 2.75) is 13.8 Å². The average Bonchev–Trinajstić information content (AvgIpc) is 2.33. The maximum Gasteiger partial charge on any atom is 0.325 e. The molecule has 18 heavy (non-hydrogen) atoms. The van der Waals surface area contributed by atoms with Crippen LogP contribution in [-0.4, -0.2) is 37.0 Å². The molecule has 0 N–H and O–H groups in total. The van der Waals surface area contributed by atoms with Crippen molar-refractivity contribution in [2.24, 2.45) is 0 Å². The molecule has 0 saturated carbocycles. The zero-order chi connectivity index (χ0) is 13.7. The number of methoxy groups -OCH3 is 1. The average molecular weight is 253 g/mol. The Morgan fingerprint density at radius 2 is 2.00 bits per heavy atom. The van der Waals surface area contributed by atoms with Crippen molar-refractivity contribution >= 4 is 11.9 Å². The number of esters is 1. The van der Waals surface area contributed by atoms with Crippen molar-refractivity contribution in [3.8, 4) is 0 Å². The lowest BCUT2D eigenvalue weighted by Gasteiger charge is -2.19. The van der Waals surface area contributed by atoms with E-state index in [1.807, 2.05) is 0 Å². The van der Waals surface area contributed by atoms with Gasteiger partial charge in [-0.2, -0.15) is 0 Å². The van der Waals surface area contributed by atoms with E-state index >= 15 is 0 Å². The summed E-state index contributed by atoms with van der Waals surface area (Å²) in [6.07, 6.45) is 0. The van der Waals surface area contributed by atoms with Gasteiger partial charge in [-0.3, -0.25) is 9.59 Å². The first-order valence-electron chi connectivity index (χ1n) is 5.61. The van der Waals surface area contributed by atoms with Crippen LogP contribution >= 0.6 is 0 Å². The van der Waals surface area contributed by atoms with Gasteiger partial charge in [0.25, 0.3) is 5.91 Å². The molecule has 4 nitrogen and oxygen atoms in total. The van der Waals surface area contributed by atoms with Crippen molar-refractivity contribution in [1.29, 1.82) is 0 Å². The Kier molecular flexibility index (Phi) is 4.83. The molecule has 5 heteroatoms. The Balaban J connectivity index is 2.92. The number of carbonyl (C=O) groups is 2. The summed E-state index contributed by atoms with van der Waals surface area (Å²) in [5.41, 5.74) is 0.894. The van der Waals surface area contributed by atoms with Crippen molar-refractivity contribution in [1.82, 2.24) is 4.90 Å². The summed E-state index contributed by atoms with van der Waals surface area (Å²) in [5.74, 6) is -1.35. The molecule has 0 radical (unpaired) electrons. The number of likely N-dealkylation sites (N-methyl/N-ethyl adjacent to an activating group) is 1. The van der Waals surface area contributed by atoms with Gasteiger partial charge in [0.2, 0.25) is 0 Å². The van der Waals surface area contributed by atoms with Crippen LogP contribution in [0.1, 0.15) is 22.8 Å². The number of nitrogens with zero attached hydrogens (tertiary/aromatic N) is 1. The highest BCUT2D eigenvalue weighted by atomic mass is 19.1. The van der Waals surface area contributed by atoms with Crippen LogP contribution in [0.5, 0.6) is 0 Å². The number of benzene rings is 1. The Bertz CT molecular complexity index is 439. The molecule has 0 aliphatic carbocycles. The first-order chi connectivity index (χ1) is 8.47. The third kappa shape index (κ3) is 3.55. The first-order valence-corrected chi connectivity index (χ1v) is 5.61. The quantitative estimate of drug-likeness (QED) is 0.768. The van der Waals surface area contributed by atoms with Gasteiger partial charge in [-0.25, -0.2) is 4.39 Å². The molecule has 1 amide bonds. The van der Waals surface area contributed by atoms with E-state index in [9.17, 15) is 14.0 Å². The predicted octanol–water partition coefficient (Wildman–Crippen LogP) is 1.77. The highest BCUT2D eigenvalue weighted by molar-refractivity contribution is 5.96. The number of aryl methyl sites for hydroxylation is 1. The lowest BCUT2D eigenvalue weighted by Crippen LogP contribution is -2.36. The van der Waals surface area contributed by atoms with Gasteiger partial charge in [0.1, 0.15) is 12.4 Å². The summed E-state index contributed by atoms with van der Waals surface area (Å²) in [6, 6.07) is 4.09. The van der Waals surface area contributed by atoms with Crippen LogP contribution in [0.4, 0.5) is 4.39 Å². The Morgan fingerprint density at radius 3 is 2.50 bits per heavy atom. The van der Waals surface area contributed by atoms with E-state index in [2.05, 4.69) is 4.74 Å². The monoisotopic (exact) mass is 253 g/mol. The lowest BCUT2D eigenvalue weighted by atomic mass is 10.1. The van der Waals surface area contributed by atoms with Crippen LogP contribution in [0.3, 0.4) is 0 Å². The highest BCUT2D eigenvalue weighted by Gasteiger charge is 2.18. The van der Waals surface area contributed by atoms with Gasteiger partial charge in [-0.15, -0.1) is 0 Å². The first kappa shape index (κ1) is 14.2. The lowest BCUT2D eigenvalue weighted by molar-refractivity contribution is -0.141. The normalized spacial score (nSPS) is 10.0. The van der Waals surface area contributed by atoms with E-state index in [1.165, 1.54) is 18.1 Å². The molecule has 0 saturated heterocycles. The van der Waals surface area contributed by atoms with Crippen molar-refractivity contribution in [2.75, 3.05) is 20.2 Å². The minimum atomic E-state index is -0.502. The van der Waals surface area contributed by atoms with Crippen LogP contribution in [0, 0.1) is 12.7 Å². The Morgan fingerprint density at radius 1 is 1.33 bits per heavy atom. The van der Waals surface area contributed by atoms with Gasteiger partial charge >= 0.3 is 5.97 Å². The fraction of sp³-hybridized carbons (Fsp3) is 0.385. The van der Waals surface area contributed by atoms with E-state index in [4.69, 9.17) is 0 Å². The van der Waals surface area contributed by atoms with E-state index in [0.717, 1.165) is 6.07 Å². The molecule has 0 unspecified atom stereocenters. The number of ether oxygens (including phenoxy) is 1. The molecule has 1 aromatic rings. The molecular formula is C13H16FNO3. The third-order valence-corrected chi connectivity index (χ3v) is 2.51. The van der Waals surface area contributed by atoms with Crippen molar-refractivity contribution < 1.29 is 18.7 Å². The van der Waals surface area contributed by atoms with Crippen LogP contribution in [0.15, 0.2) is 18.2 Å². The maximum absolute atomic E-state index is 13.2. The number of rotatable bonds is 4. The summed E-state index contributed by atoms with van der Waals surface area (Å²) in [7, 11) is 1.26. The summed E-state index contributed by atoms with van der Waals surface area (Å²) in [5, 5.41) is 0. The summed E-state index contributed by atoms with van der Waals surface area (Å²) in [4.78, 5) is 24.5. The SMILES string of the molecule is CCN(CC(=O)OC)C(=O)c1cc(C)cc(F)c1. The second-order valence-electron chi connectivity index (χ2n) is 3.91. The van der Waals surface area contributed by atoms with Gasteiger partial charge in [0.15, 0.2) is 0 Å². The third-order valence-electron chi connectivity index (χ3n) is 2.51. The predicted molar refractivity (Wildman–Crippen MR) is 64.7 cm³/mol. The molecule has 0 bridgehead atoms. The zero-order valence-electron chi connectivity index (χ0n) is 10.7. The van der Waals surface area contributed by atoms with E-state index in [1.54, 1.807) is 19.9 Å². The largest absolute Gasteiger partial charge is 0.468 e. The van der Waals surface area contributed by atoms with Gasteiger partial charge < -0.3 is 9.64 Å². The molecular weight excluding hydrogens is 237 g/mol. The molecule has 98 valence electrons. The fourth-order valence-corrected chi connectivity index (χ4v) is 1.59. The molecule has 0 heterocycles. The Labute approximate surface area is 105 Å². The number of hydrogen-bond acceptors (Lipinski definition) is 3. The van der Waals surface area contributed by atoms with Crippen molar-refractivity contribution in [3.63, 3.8) is 0 Å². The number of hydrogen-bond donors (Lipinski definition) is 0. The van der Waals surface area contributed by atoms with E-state index < -0.39 is 11.8 Å². The summed E-state index contributed by atoms with van der Waals surface area (Å²) in [6.45, 7) is 3.66. The smallest absolute Gasteiger partial charge is 0.325 e. The zero-order valence-corrected chi connectivity index (χ0v) is 10.7. The topological polar surface area (TPSA) is 46.6 Å². The molecule has 0 aliphatic heterocycles. The molecule has 1 rings (SSSR count). The number of amides is 1. The molecule has 0 atom stereocenters. The van der Waals surface area contributed by atoms with Gasteiger partial charge in [-0.05, 0) is 37.6 Å².